The Morgan fingerprint density at radius 1 is 1.50 bits per heavy atom. The molecule has 0 bridgehead atoms. The van der Waals surface area contributed by atoms with Gasteiger partial charge in [-0.15, -0.1) is 0 Å². The number of carbonyl (C=O) groups is 1. The highest BCUT2D eigenvalue weighted by Gasteiger charge is 2.21. The lowest BCUT2D eigenvalue weighted by Crippen LogP contribution is -2.32. The van der Waals surface area contributed by atoms with Crippen LogP contribution < -0.4 is 14.8 Å². The summed E-state index contributed by atoms with van der Waals surface area (Å²) in [6, 6.07) is 3.47. The monoisotopic (exact) mass is 314 g/mol. The van der Waals surface area contributed by atoms with Crippen LogP contribution in [0.5, 0.6) is 11.5 Å². The van der Waals surface area contributed by atoms with Gasteiger partial charge in [0.25, 0.3) is 5.91 Å². The third-order valence-electron chi connectivity index (χ3n) is 2.72. The third kappa shape index (κ3) is 2.59. The van der Waals surface area contributed by atoms with E-state index in [4.69, 9.17) is 9.47 Å². The Morgan fingerprint density at radius 2 is 2.28 bits per heavy atom. The van der Waals surface area contributed by atoms with Crippen LogP contribution in [0, 0.1) is 0 Å². The number of nitrogens with zero attached hydrogens (tertiary/aromatic N) is 1. The average molecular weight is 315 g/mol. The molecule has 1 N–H and O–H groups in total. The minimum atomic E-state index is -0.0377. The number of amides is 1. The molecule has 6 heteroatoms. The van der Waals surface area contributed by atoms with Gasteiger partial charge in [-0.1, -0.05) is 0 Å². The number of hydrogen-bond donors (Lipinski definition) is 1. The second-order valence-corrected chi connectivity index (χ2v) is 4.88. The zero-order valence-corrected chi connectivity index (χ0v) is 11.9. The fourth-order valence-corrected chi connectivity index (χ4v) is 2.25. The molecule has 0 aromatic heterocycles. The molecule has 5 nitrogen and oxygen atoms in total. The van der Waals surface area contributed by atoms with Crippen molar-refractivity contribution in [2.45, 2.75) is 0 Å². The van der Waals surface area contributed by atoms with Gasteiger partial charge in [-0.25, -0.2) is 0 Å². The van der Waals surface area contributed by atoms with Gasteiger partial charge in [-0.2, -0.15) is 0 Å². The van der Waals surface area contributed by atoms with Crippen molar-refractivity contribution in [2.75, 3.05) is 34.0 Å². The van der Waals surface area contributed by atoms with E-state index in [-0.39, 0.29) is 12.7 Å². The lowest BCUT2D eigenvalue weighted by molar-refractivity contribution is 0.0796. The number of carbonyl (C=O) groups excluding carboxylic acids is 1. The van der Waals surface area contributed by atoms with Crippen LogP contribution in [0.2, 0.25) is 0 Å². The molecular weight excluding hydrogens is 300 g/mol. The van der Waals surface area contributed by atoms with Crippen molar-refractivity contribution in [3.8, 4) is 11.5 Å². The summed E-state index contributed by atoms with van der Waals surface area (Å²) in [6.07, 6.45) is 0. The summed E-state index contributed by atoms with van der Waals surface area (Å²) in [5, 5.41) is 3.01. The van der Waals surface area contributed by atoms with Gasteiger partial charge >= 0.3 is 0 Å². The second-order valence-electron chi connectivity index (χ2n) is 4.02. The summed E-state index contributed by atoms with van der Waals surface area (Å²) >= 11 is 3.38. The number of ether oxygens (including phenoxy) is 2. The minimum Gasteiger partial charge on any atom is -0.454 e. The molecule has 98 valence electrons. The number of halogens is 1. The van der Waals surface area contributed by atoms with E-state index < -0.39 is 0 Å². The molecule has 2 rings (SSSR count). The number of rotatable bonds is 4. The number of hydrogen-bond acceptors (Lipinski definition) is 4. The largest absolute Gasteiger partial charge is 0.454 e. The van der Waals surface area contributed by atoms with Crippen LogP contribution in [0.4, 0.5) is 0 Å². The molecule has 0 aliphatic carbocycles. The first-order chi connectivity index (χ1) is 8.63. The molecule has 0 saturated carbocycles. The summed E-state index contributed by atoms with van der Waals surface area (Å²) in [4.78, 5) is 13.9. The Hall–Kier alpha value is -1.27. The summed E-state index contributed by atoms with van der Waals surface area (Å²) in [7, 11) is 3.63. The Kier molecular flexibility index (Phi) is 4.08. The summed E-state index contributed by atoms with van der Waals surface area (Å²) in [6.45, 7) is 1.61. The highest BCUT2D eigenvalue weighted by Crippen LogP contribution is 2.40. The number of likely N-dealkylation sites (N-methyl/N-ethyl adjacent to an activating group) is 2. The highest BCUT2D eigenvalue weighted by molar-refractivity contribution is 9.10. The molecule has 0 spiro atoms. The Bertz CT molecular complexity index is 465. The maximum absolute atomic E-state index is 12.2. The molecule has 1 aliphatic heterocycles. The predicted octanol–water partition coefficient (Wildman–Crippen LogP) is 1.47. The number of fused-ring (bicyclic) bond motifs is 1. The fourth-order valence-electron chi connectivity index (χ4n) is 1.69. The Morgan fingerprint density at radius 3 is 3.00 bits per heavy atom. The van der Waals surface area contributed by atoms with E-state index in [1.807, 2.05) is 7.05 Å². The first-order valence-corrected chi connectivity index (χ1v) is 6.42. The van der Waals surface area contributed by atoms with Crippen molar-refractivity contribution in [3.05, 3.63) is 22.2 Å². The van der Waals surface area contributed by atoms with Gasteiger partial charge in [-0.05, 0) is 35.1 Å². The molecule has 0 radical (unpaired) electrons. The van der Waals surface area contributed by atoms with E-state index in [0.717, 1.165) is 11.0 Å². The molecule has 1 aromatic rings. The molecular formula is C12H15BrN2O3. The van der Waals surface area contributed by atoms with E-state index in [2.05, 4.69) is 21.2 Å². The summed E-state index contributed by atoms with van der Waals surface area (Å²) < 4.78 is 11.3. The molecule has 1 aromatic carbocycles. The summed E-state index contributed by atoms with van der Waals surface area (Å²) in [5.74, 6) is 1.23. The number of benzene rings is 1. The van der Waals surface area contributed by atoms with Crippen molar-refractivity contribution in [2.24, 2.45) is 0 Å². The average Bonchev–Trinajstić information content (AvgIpc) is 2.83. The molecule has 0 atom stereocenters. The van der Waals surface area contributed by atoms with E-state index in [1.54, 1.807) is 24.1 Å². The minimum absolute atomic E-state index is 0.0377. The first kappa shape index (κ1) is 13.2. The highest BCUT2D eigenvalue weighted by atomic mass is 79.9. The zero-order valence-electron chi connectivity index (χ0n) is 10.3. The smallest absolute Gasteiger partial charge is 0.253 e. The Balaban J connectivity index is 2.18. The quantitative estimate of drug-likeness (QED) is 0.914. The Labute approximate surface area is 114 Å². The van der Waals surface area contributed by atoms with Crippen molar-refractivity contribution in [1.82, 2.24) is 10.2 Å². The predicted molar refractivity (Wildman–Crippen MR) is 71.2 cm³/mol. The maximum atomic E-state index is 12.2. The van der Waals surface area contributed by atoms with E-state index >= 15 is 0 Å². The van der Waals surface area contributed by atoms with Gasteiger partial charge in [0.15, 0.2) is 11.5 Å². The molecule has 1 heterocycles. The lowest BCUT2D eigenvalue weighted by atomic mass is 10.2. The van der Waals surface area contributed by atoms with Gasteiger partial charge in [0.2, 0.25) is 6.79 Å². The van der Waals surface area contributed by atoms with Crippen molar-refractivity contribution in [3.63, 3.8) is 0 Å². The van der Waals surface area contributed by atoms with Crippen LogP contribution in [0.3, 0.4) is 0 Å². The van der Waals surface area contributed by atoms with Crippen LogP contribution in [0.15, 0.2) is 16.6 Å². The van der Waals surface area contributed by atoms with Crippen molar-refractivity contribution >= 4 is 21.8 Å². The fraction of sp³-hybridized carbons (Fsp3) is 0.417. The standard InChI is InChI=1S/C12H15BrN2O3/c1-14-3-4-15(2)12(16)8-5-9(13)11-10(6-8)17-7-18-11/h5-6,14H,3-4,7H2,1-2H3. The van der Waals surface area contributed by atoms with Crippen LogP contribution in [0.1, 0.15) is 10.4 Å². The number of nitrogens with one attached hydrogen (secondary N) is 1. The molecule has 0 unspecified atom stereocenters. The normalized spacial score (nSPS) is 12.6. The zero-order chi connectivity index (χ0) is 13.1. The lowest BCUT2D eigenvalue weighted by Gasteiger charge is -2.17. The van der Waals surface area contributed by atoms with Crippen LogP contribution in [-0.2, 0) is 0 Å². The topological polar surface area (TPSA) is 50.8 Å². The van der Waals surface area contributed by atoms with Gasteiger partial charge in [0, 0.05) is 25.7 Å². The molecule has 1 aliphatic rings. The molecule has 18 heavy (non-hydrogen) atoms. The third-order valence-corrected chi connectivity index (χ3v) is 3.31. The summed E-state index contributed by atoms with van der Waals surface area (Å²) in [5.41, 5.74) is 0.588. The second kappa shape index (κ2) is 5.58. The van der Waals surface area contributed by atoms with E-state index in [9.17, 15) is 4.79 Å². The maximum Gasteiger partial charge on any atom is 0.253 e. The van der Waals surface area contributed by atoms with E-state index in [0.29, 0.717) is 23.6 Å². The van der Waals surface area contributed by atoms with Crippen LogP contribution in [0.25, 0.3) is 0 Å². The molecule has 0 fully saturated rings. The van der Waals surface area contributed by atoms with Crippen LogP contribution >= 0.6 is 15.9 Å². The molecule has 1 amide bonds. The molecule has 0 saturated heterocycles. The van der Waals surface area contributed by atoms with Gasteiger partial charge < -0.3 is 19.7 Å². The SMILES string of the molecule is CNCCN(C)C(=O)c1cc(Br)c2c(c1)OCO2. The van der Waals surface area contributed by atoms with Crippen molar-refractivity contribution < 1.29 is 14.3 Å². The van der Waals surface area contributed by atoms with Crippen LogP contribution in [-0.4, -0.2) is 44.8 Å². The van der Waals surface area contributed by atoms with Gasteiger partial charge in [-0.3, -0.25) is 4.79 Å². The van der Waals surface area contributed by atoms with E-state index in [1.165, 1.54) is 0 Å². The van der Waals surface area contributed by atoms with Gasteiger partial charge in [0.05, 0.1) is 4.47 Å². The van der Waals surface area contributed by atoms with Gasteiger partial charge in [0.1, 0.15) is 0 Å². The first-order valence-electron chi connectivity index (χ1n) is 5.62. The van der Waals surface area contributed by atoms with Crippen molar-refractivity contribution in [1.29, 1.82) is 0 Å².